The molecular formula is C46H42Cl4F7N9O9S2. The van der Waals surface area contributed by atoms with Gasteiger partial charge in [0.25, 0.3) is 5.89 Å². The maximum atomic E-state index is 15.3. The van der Waals surface area contributed by atoms with Crippen LogP contribution in [0.25, 0.3) is 22.8 Å². The molecule has 10 rings (SSSR count). The summed E-state index contributed by atoms with van der Waals surface area (Å²) in [6.07, 6.45) is -7.33. The van der Waals surface area contributed by atoms with Gasteiger partial charge in [-0.1, -0.05) is 52.6 Å². The van der Waals surface area contributed by atoms with Gasteiger partial charge in [-0.15, -0.1) is 35.0 Å². The van der Waals surface area contributed by atoms with Gasteiger partial charge in [-0.25, -0.2) is 34.4 Å². The number of sulfone groups is 2. The van der Waals surface area contributed by atoms with E-state index in [2.05, 4.69) is 20.3 Å². The van der Waals surface area contributed by atoms with E-state index in [0.29, 0.717) is 21.2 Å². The van der Waals surface area contributed by atoms with Crippen LogP contribution in [0.4, 0.5) is 48.1 Å². The van der Waals surface area contributed by atoms with E-state index in [1.54, 1.807) is 48.5 Å². The van der Waals surface area contributed by atoms with Crippen molar-refractivity contribution in [3.05, 3.63) is 111 Å². The molecule has 18 nitrogen and oxygen atoms in total. The largest absolute Gasteiger partial charge is 0.420 e. The Hall–Kier alpha value is -5.65. The first kappa shape index (κ1) is 59.0. The average Bonchev–Trinajstić information content (AvgIpc) is 4.12. The summed E-state index contributed by atoms with van der Waals surface area (Å²) in [4.78, 5) is 32.9. The van der Waals surface area contributed by atoms with Crippen LogP contribution < -0.4 is 26.2 Å². The third-order valence-corrected chi connectivity index (χ3v) is 16.7. The van der Waals surface area contributed by atoms with Crippen molar-refractivity contribution in [2.75, 3.05) is 45.9 Å². The SMILES string of the molecule is Cl.Cl.N[C@H]1CS(=O)(=O)c2cc(F)c(-c3nnc(C4CCC(F)(F)C4)o3)cc2N(Cc2ccc(Cl)cc2)C1=O.N[C@H]1CS(=O)(=O)c2cc(F)c(-c3noc(N4CCOC(C(F)(F)F)C4)n3)cc2N(Cc2ccc(Cl)cc2)C1=O. The number of nitrogens with two attached hydrogens (primary N) is 2. The molecule has 0 bridgehead atoms. The Labute approximate surface area is 455 Å². The number of halogens is 11. The molecule has 414 valence electrons. The van der Waals surface area contributed by atoms with E-state index >= 15 is 8.78 Å². The first-order chi connectivity index (χ1) is 35.3. The van der Waals surface area contributed by atoms with Gasteiger partial charge in [-0.3, -0.25) is 9.59 Å². The molecule has 4 aromatic carbocycles. The molecular weight excluding hydrogens is 1160 g/mol. The molecule has 1 saturated carbocycles. The van der Waals surface area contributed by atoms with Gasteiger partial charge in [0.1, 0.15) is 11.6 Å². The molecule has 0 radical (unpaired) electrons. The van der Waals surface area contributed by atoms with Crippen LogP contribution in [-0.2, 0) is 47.1 Å². The van der Waals surface area contributed by atoms with Gasteiger partial charge in [0.05, 0.1) is 82.1 Å². The van der Waals surface area contributed by atoms with E-state index < -0.39 is 114 Å². The zero-order valence-electron chi connectivity index (χ0n) is 39.3. The predicted octanol–water partition coefficient (Wildman–Crippen LogP) is 7.87. The number of amides is 2. The van der Waals surface area contributed by atoms with Crippen molar-refractivity contribution in [1.29, 1.82) is 0 Å². The lowest BCUT2D eigenvalue weighted by molar-refractivity contribution is -0.221. The van der Waals surface area contributed by atoms with E-state index in [1.165, 1.54) is 0 Å². The highest BCUT2D eigenvalue weighted by Crippen LogP contribution is 2.45. The zero-order valence-corrected chi connectivity index (χ0v) is 44.1. The van der Waals surface area contributed by atoms with Crippen molar-refractivity contribution in [3.8, 4) is 22.8 Å². The molecule has 2 fully saturated rings. The highest BCUT2D eigenvalue weighted by atomic mass is 35.5. The van der Waals surface area contributed by atoms with Crippen molar-refractivity contribution in [1.82, 2.24) is 20.3 Å². The summed E-state index contributed by atoms with van der Waals surface area (Å²) in [5.41, 5.74) is 12.1. The highest BCUT2D eigenvalue weighted by Gasteiger charge is 2.46. The summed E-state index contributed by atoms with van der Waals surface area (Å²) in [5, 5.41) is 12.2. The molecule has 2 amide bonds. The quantitative estimate of drug-likeness (QED) is 0.138. The minimum Gasteiger partial charge on any atom is -0.420 e. The van der Waals surface area contributed by atoms with Crippen LogP contribution in [-0.4, -0.2) is 110 Å². The van der Waals surface area contributed by atoms with Crippen molar-refractivity contribution in [2.24, 2.45) is 11.5 Å². The molecule has 6 aromatic rings. The number of carbonyl (C=O) groups is 2. The Kier molecular flexibility index (Phi) is 17.3. The van der Waals surface area contributed by atoms with E-state index in [0.717, 1.165) is 39.0 Å². The Morgan fingerprint density at radius 2 is 1.26 bits per heavy atom. The van der Waals surface area contributed by atoms with Crippen LogP contribution in [0.15, 0.2) is 91.5 Å². The molecule has 0 spiro atoms. The molecule has 31 heteroatoms. The van der Waals surface area contributed by atoms with Gasteiger partial charge >= 0.3 is 12.2 Å². The third-order valence-electron chi connectivity index (χ3n) is 12.6. The lowest BCUT2D eigenvalue weighted by Gasteiger charge is -2.32. The smallest absolute Gasteiger partial charge is 0.416 e. The number of hydrogen-bond acceptors (Lipinski definition) is 16. The van der Waals surface area contributed by atoms with Crippen LogP contribution in [0.5, 0.6) is 0 Å². The van der Waals surface area contributed by atoms with Gasteiger partial charge in [0.2, 0.25) is 29.5 Å². The second-order valence-electron chi connectivity index (χ2n) is 18.0. The maximum absolute atomic E-state index is 15.3. The monoisotopic (exact) mass is 1200 g/mol. The summed E-state index contributed by atoms with van der Waals surface area (Å²) in [6, 6.07) is 13.6. The number of carbonyl (C=O) groups excluding carboxylic acids is 2. The number of ether oxygens (including phenoxy) is 1. The molecule has 3 aliphatic heterocycles. The Morgan fingerprint density at radius 1 is 0.753 bits per heavy atom. The van der Waals surface area contributed by atoms with Crippen LogP contribution in [0.2, 0.25) is 10.0 Å². The van der Waals surface area contributed by atoms with E-state index in [9.17, 15) is 48.4 Å². The zero-order chi connectivity index (χ0) is 53.9. The molecule has 1 aliphatic carbocycles. The number of fused-ring (bicyclic) bond motifs is 2. The van der Waals surface area contributed by atoms with Crippen molar-refractivity contribution in [3.63, 3.8) is 0 Å². The number of rotatable bonds is 8. The predicted molar refractivity (Wildman–Crippen MR) is 269 cm³/mol. The fourth-order valence-electron chi connectivity index (χ4n) is 8.79. The fourth-order valence-corrected chi connectivity index (χ4v) is 12.2. The molecule has 1 saturated heterocycles. The van der Waals surface area contributed by atoms with E-state index in [-0.39, 0.29) is 110 Å². The van der Waals surface area contributed by atoms with Gasteiger partial charge < -0.3 is 39.8 Å². The Bertz CT molecular complexity index is 3420. The minimum absolute atomic E-state index is 0. The van der Waals surface area contributed by atoms with Gasteiger partial charge in [-0.05, 0) is 66.1 Å². The van der Waals surface area contributed by atoms with Gasteiger partial charge in [0, 0.05) is 35.3 Å². The molecule has 4 aliphatic rings. The molecule has 4 N–H and O–H groups in total. The maximum Gasteiger partial charge on any atom is 0.416 e. The number of aromatic nitrogens is 4. The van der Waals surface area contributed by atoms with Crippen LogP contribution in [0.3, 0.4) is 0 Å². The number of nitrogens with zero attached hydrogens (tertiary/aromatic N) is 7. The molecule has 5 heterocycles. The lowest BCUT2D eigenvalue weighted by Crippen LogP contribution is -2.49. The average molecular weight is 1200 g/mol. The minimum atomic E-state index is -4.61. The first-order valence-corrected chi connectivity index (χ1v) is 26.6. The standard InChI is InChI=1S/C23H20ClF4N5O5S.C23H20ClF3N4O4S.2ClH/c24-13-3-1-12(2-4-13)9-33-17-7-14(15(25)8-18(17)39(35,36)11-16(29)21(33)34)20-30-22(38-31-20)32-5-6-37-19(10-32)23(26,27)28;24-14-3-1-12(2-4-14)10-31-18-7-15(16(25)8-19(18)36(33,34)11-17(28)22(31)32)21-30-29-20(35-21)13-5-6-23(26,27)9-13;;/h1-4,7-8,16,19H,5-6,9-11,29H2;1-4,7-8,13,17H,5-6,9-11,28H2;2*1H/t16-,19?;13?,17-;;/m00../s1. The second kappa shape index (κ2) is 22.6. The number of hydrogen-bond donors (Lipinski definition) is 2. The van der Waals surface area contributed by atoms with Gasteiger partial charge in [-0.2, -0.15) is 18.2 Å². The van der Waals surface area contributed by atoms with E-state index in [1.807, 2.05) is 0 Å². The molecule has 4 atom stereocenters. The summed E-state index contributed by atoms with van der Waals surface area (Å²) in [7, 11) is -8.32. The summed E-state index contributed by atoms with van der Waals surface area (Å²) in [5.74, 6) is -9.11. The first-order valence-electron chi connectivity index (χ1n) is 22.5. The van der Waals surface area contributed by atoms with Crippen LogP contribution >= 0.6 is 48.0 Å². The normalized spacial score (nSPS) is 21.6. The number of benzene rings is 4. The number of alkyl halides is 5. The fraction of sp³-hybridized carbons (Fsp3) is 0.348. The van der Waals surface area contributed by atoms with Crippen molar-refractivity contribution >= 4 is 96.9 Å². The topological polar surface area (TPSA) is 251 Å². The summed E-state index contributed by atoms with van der Waals surface area (Å²) >= 11 is 11.9. The van der Waals surface area contributed by atoms with E-state index in [4.69, 9.17) is 48.3 Å². The lowest BCUT2D eigenvalue weighted by atomic mass is 10.1. The summed E-state index contributed by atoms with van der Waals surface area (Å²) < 4.78 is 164. The van der Waals surface area contributed by atoms with Crippen molar-refractivity contribution < 1.29 is 70.8 Å². The second-order valence-corrected chi connectivity index (χ2v) is 22.8. The third kappa shape index (κ3) is 12.6. The summed E-state index contributed by atoms with van der Waals surface area (Å²) in [6.45, 7) is -1.03. The Balaban J connectivity index is 0.000000219. The number of anilines is 3. The van der Waals surface area contributed by atoms with Crippen LogP contribution in [0.1, 0.15) is 42.2 Å². The number of morpholine rings is 1. The van der Waals surface area contributed by atoms with Crippen LogP contribution in [0, 0.1) is 11.6 Å². The highest BCUT2D eigenvalue weighted by molar-refractivity contribution is 7.92. The van der Waals surface area contributed by atoms with Gasteiger partial charge in [0.15, 0.2) is 25.8 Å². The van der Waals surface area contributed by atoms with Crippen molar-refractivity contribution in [2.45, 2.75) is 78.3 Å². The Morgan fingerprint density at radius 3 is 1.75 bits per heavy atom. The molecule has 2 unspecified atom stereocenters. The molecule has 2 aromatic heterocycles. The molecule has 77 heavy (non-hydrogen) atoms.